The van der Waals surface area contributed by atoms with Crippen molar-refractivity contribution in [1.82, 2.24) is 14.9 Å². The third kappa shape index (κ3) is 2.57. The summed E-state index contributed by atoms with van der Waals surface area (Å²) in [4.78, 5) is 11.5. The van der Waals surface area contributed by atoms with Gasteiger partial charge in [0.2, 0.25) is 5.95 Å². The van der Waals surface area contributed by atoms with E-state index in [-0.39, 0.29) is 0 Å². The summed E-state index contributed by atoms with van der Waals surface area (Å²) >= 11 is 0. The highest BCUT2D eigenvalue weighted by atomic mass is 15.2. The number of hydrogen-bond donors (Lipinski definition) is 1. The van der Waals surface area contributed by atoms with Gasteiger partial charge in [0.15, 0.2) is 0 Å². The smallest absolute Gasteiger partial charge is 0.223 e. The molecule has 2 aliphatic rings. The summed E-state index contributed by atoms with van der Waals surface area (Å²) in [5, 5.41) is 3.37. The third-order valence-corrected chi connectivity index (χ3v) is 3.46. The van der Waals surface area contributed by atoms with Gasteiger partial charge in [0.1, 0.15) is 0 Å². The first-order chi connectivity index (χ1) is 8.35. The van der Waals surface area contributed by atoms with Crippen LogP contribution < -0.4 is 5.32 Å². The molecule has 3 rings (SSSR count). The van der Waals surface area contributed by atoms with E-state index >= 15 is 0 Å². The van der Waals surface area contributed by atoms with Gasteiger partial charge in [0.25, 0.3) is 0 Å². The molecule has 0 unspecified atom stereocenters. The monoisotopic (exact) mass is 232 g/mol. The van der Waals surface area contributed by atoms with Gasteiger partial charge in [-0.25, -0.2) is 9.97 Å². The quantitative estimate of drug-likeness (QED) is 0.859. The summed E-state index contributed by atoms with van der Waals surface area (Å²) in [6, 6.07) is 0.633. The standard InChI is InChI=1S/C13H20N4/c1-2-6-17-7-5-12-10(9-17)8-14-13(16-12)15-11-3-4-11/h8,11H,2-7,9H2,1H3,(H,14,15,16). The lowest BCUT2D eigenvalue weighted by Gasteiger charge is -2.27. The second kappa shape index (κ2) is 4.61. The number of aromatic nitrogens is 2. The van der Waals surface area contributed by atoms with Gasteiger partial charge in [-0.05, 0) is 25.8 Å². The molecule has 1 N–H and O–H groups in total. The normalized spacial score (nSPS) is 20.1. The van der Waals surface area contributed by atoms with Crippen LogP contribution in [0.3, 0.4) is 0 Å². The molecule has 0 atom stereocenters. The minimum atomic E-state index is 0.633. The van der Waals surface area contributed by atoms with E-state index in [2.05, 4.69) is 27.1 Å². The lowest BCUT2D eigenvalue weighted by atomic mass is 10.1. The molecule has 1 aromatic heterocycles. The highest BCUT2D eigenvalue weighted by Crippen LogP contribution is 2.24. The van der Waals surface area contributed by atoms with E-state index in [0.717, 1.165) is 25.5 Å². The average molecular weight is 232 g/mol. The van der Waals surface area contributed by atoms with E-state index in [4.69, 9.17) is 0 Å². The number of anilines is 1. The first kappa shape index (κ1) is 11.0. The predicted molar refractivity (Wildman–Crippen MR) is 67.9 cm³/mol. The lowest BCUT2D eigenvalue weighted by Crippen LogP contribution is -2.32. The van der Waals surface area contributed by atoms with Crippen LogP contribution in [-0.2, 0) is 13.0 Å². The van der Waals surface area contributed by atoms with E-state index in [0.29, 0.717) is 6.04 Å². The van der Waals surface area contributed by atoms with Gasteiger partial charge >= 0.3 is 0 Å². The molecular weight excluding hydrogens is 212 g/mol. The van der Waals surface area contributed by atoms with Crippen molar-refractivity contribution in [2.45, 2.75) is 45.2 Å². The molecule has 0 saturated heterocycles. The fourth-order valence-electron chi connectivity index (χ4n) is 2.36. The Bertz CT molecular complexity index is 400. The Morgan fingerprint density at radius 1 is 1.47 bits per heavy atom. The predicted octanol–water partition coefficient (Wildman–Crippen LogP) is 1.82. The molecule has 1 saturated carbocycles. The Hall–Kier alpha value is -1.16. The topological polar surface area (TPSA) is 41.1 Å². The molecule has 0 spiro atoms. The minimum absolute atomic E-state index is 0.633. The average Bonchev–Trinajstić information content (AvgIpc) is 3.14. The number of nitrogens with zero attached hydrogens (tertiary/aromatic N) is 3. The van der Waals surface area contributed by atoms with Crippen molar-refractivity contribution < 1.29 is 0 Å². The summed E-state index contributed by atoms with van der Waals surface area (Å²) in [5.41, 5.74) is 2.56. The molecule has 1 aliphatic carbocycles. The number of rotatable bonds is 4. The van der Waals surface area contributed by atoms with E-state index < -0.39 is 0 Å². The molecule has 1 aromatic rings. The zero-order chi connectivity index (χ0) is 11.7. The van der Waals surface area contributed by atoms with Crippen LogP contribution in [0.2, 0.25) is 0 Å². The number of hydrogen-bond acceptors (Lipinski definition) is 4. The maximum Gasteiger partial charge on any atom is 0.223 e. The van der Waals surface area contributed by atoms with E-state index in [1.54, 1.807) is 0 Å². The van der Waals surface area contributed by atoms with Crippen LogP contribution in [0.15, 0.2) is 6.20 Å². The van der Waals surface area contributed by atoms with Gasteiger partial charge in [0, 0.05) is 37.3 Å². The van der Waals surface area contributed by atoms with Crippen molar-refractivity contribution in [3.63, 3.8) is 0 Å². The van der Waals surface area contributed by atoms with Gasteiger partial charge < -0.3 is 5.32 Å². The second-order valence-corrected chi connectivity index (χ2v) is 5.11. The maximum atomic E-state index is 4.64. The zero-order valence-corrected chi connectivity index (χ0v) is 10.4. The number of nitrogens with one attached hydrogen (secondary N) is 1. The lowest BCUT2D eigenvalue weighted by molar-refractivity contribution is 0.252. The van der Waals surface area contributed by atoms with Crippen LogP contribution in [0.25, 0.3) is 0 Å². The van der Waals surface area contributed by atoms with Crippen LogP contribution >= 0.6 is 0 Å². The molecule has 0 bridgehead atoms. The summed E-state index contributed by atoms with van der Waals surface area (Å²) in [7, 11) is 0. The first-order valence-corrected chi connectivity index (χ1v) is 6.69. The van der Waals surface area contributed by atoms with Crippen molar-refractivity contribution in [3.8, 4) is 0 Å². The molecular formula is C13H20N4. The molecule has 4 heteroatoms. The Labute approximate surface area is 102 Å². The van der Waals surface area contributed by atoms with Crippen LogP contribution in [0, 0.1) is 0 Å². The Morgan fingerprint density at radius 3 is 3.12 bits per heavy atom. The molecule has 1 aliphatic heterocycles. The Balaban J connectivity index is 1.71. The van der Waals surface area contributed by atoms with Gasteiger partial charge in [-0.15, -0.1) is 0 Å². The van der Waals surface area contributed by atoms with Gasteiger partial charge in [-0.2, -0.15) is 0 Å². The molecule has 17 heavy (non-hydrogen) atoms. The Kier molecular flexibility index (Phi) is 2.97. The summed E-state index contributed by atoms with van der Waals surface area (Å²) in [6.07, 6.45) is 6.83. The fourth-order valence-corrected chi connectivity index (χ4v) is 2.36. The van der Waals surface area contributed by atoms with Gasteiger partial charge in [-0.1, -0.05) is 6.92 Å². The highest BCUT2D eigenvalue weighted by Gasteiger charge is 2.23. The Morgan fingerprint density at radius 2 is 2.35 bits per heavy atom. The van der Waals surface area contributed by atoms with Crippen LogP contribution in [0.5, 0.6) is 0 Å². The third-order valence-electron chi connectivity index (χ3n) is 3.46. The van der Waals surface area contributed by atoms with Crippen molar-refractivity contribution in [2.24, 2.45) is 0 Å². The van der Waals surface area contributed by atoms with Gasteiger partial charge in [-0.3, -0.25) is 4.90 Å². The maximum absolute atomic E-state index is 4.64. The molecule has 0 radical (unpaired) electrons. The summed E-state index contributed by atoms with van der Waals surface area (Å²) in [6.45, 7) is 5.57. The van der Waals surface area contributed by atoms with E-state index in [1.165, 1.54) is 37.1 Å². The molecule has 0 amide bonds. The van der Waals surface area contributed by atoms with Gasteiger partial charge in [0.05, 0.1) is 5.69 Å². The zero-order valence-electron chi connectivity index (χ0n) is 10.4. The summed E-state index contributed by atoms with van der Waals surface area (Å²) < 4.78 is 0. The second-order valence-electron chi connectivity index (χ2n) is 5.11. The van der Waals surface area contributed by atoms with E-state index in [1.807, 2.05) is 6.20 Å². The summed E-state index contributed by atoms with van der Waals surface area (Å²) in [5.74, 6) is 0.829. The highest BCUT2D eigenvalue weighted by molar-refractivity contribution is 5.33. The van der Waals surface area contributed by atoms with Crippen LogP contribution in [0.1, 0.15) is 37.4 Å². The minimum Gasteiger partial charge on any atom is -0.351 e. The number of fused-ring (bicyclic) bond motifs is 1. The molecule has 2 heterocycles. The van der Waals surface area contributed by atoms with Crippen molar-refractivity contribution in [2.75, 3.05) is 18.4 Å². The SMILES string of the molecule is CCCN1CCc2nc(NC3CC3)ncc2C1. The molecule has 0 aromatic carbocycles. The molecule has 1 fully saturated rings. The molecule has 4 nitrogen and oxygen atoms in total. The van der Waals surface area contributed by atoms with Crippen molar-refractivity contribution >= 4 is 5.95 Å². The van der Waals surface area contributed by atoms with E-state index in [9.17, 15) is 0 Å². The fraction of sp³-hybridized carbons (Fsp3) is 0.692. The largest absolute Gasteiger partial charge is 0.351 e. The van der Waals surface area contributed by atoms with Crippen molar-refractivity contribution in [1.29, 1.82) is 0 Å². The first-order valence-electron chi connectivity index (χ1n) is 6.69. The molecule has 92 valence electrons. The van der Waals surface area contributed by atoms with Crippen LogP contribution in [0.4, 0.5) is 5.95 Å². The van der Waals surface area contributed by atoms with Crippen LogP contribution in [-0.4, -0.2) is 34.0 Å². The van der Waals surface area contributed by atoms with Crippen molar-refractivity contribution in [3.05, 3.63) is 17.5 Å².